The van der Waals surface area contributed by atoms with Gasteiger partial charge in [-0.2, -0.15) is 0 Å². The molecule has 300 valence electrons. The zero-order chi connectivity index (χ0) is 40.6. The minimum Gasteiger partial charge on any atom is -0.496 e. The third kappa shape index (κ3) is 12.4. The van der Waals surface area contributed by atoms with Crippen molar-refractivity contribution in [2.75, 3.05) is 23.9 Å². The standard InChI is InChI=1S/C42H59ClN4O7Si/c1-41(2,3)54-39(49)45-31-18-20-32(21-19-31)47(40(50)51)36-24-28(17-22-33(36)29-15-11-10-12-16-29)14-13-23-44-38(48)46-35-26-37(52-7)30(25-34(35)43)27-53-55(8,9)42(4,5)6/h10-12,15-17,22,24-26,31-32H,13-14,18-21,23,27H2,1-9H3,(H,45,49)(H,50,51)(H2,44,46,48). The molecule has 13 heteroatoms. The molecular weight excluding hydrogens is 736 g/mol. The average Bonchev–Trinajstić information content (AvgIpc) is 3.10. The molecule has 0 radical (unpaired) electrons. The number of alkyl carbamates (subject to hydrolysis) is 1. The van der Waals surface area contributed by atoms with Gasteiger partial charge in [0, 0.05) is 35.8 Å². The van der Waals surface area contributed by atoms with E-state index in [4.69, 9.17) is 25.5 Å². The number of halogens is 1. The predicted octanol–water partition coefficient (Wildman–Crippen LogP) is 10.6. The Morgan fingerprint density at radius 3 is 2.22 bits per heavy atom. The number of nitrogens with one attached hydrogen (secondary N) is 3. The second kappa shape index (κ2) is 18.6. The molecule has 3 aromatic carbocycles. The third-order valence-corrected chi connectivity index (χ3v) is 15.1. The Labute approximate surface area is 332 Å². The number of urea groups is 1. The van der Waals surface area contributed by atoms with E-state index in [2.05, 4.69) is 49.8 Å². The van der Waals surface area contributed by atoms with E-state index in [9.17, 15) is 19.5 Å². The summed E-state index contributed by atoms with van der Waals surface area (Å²) in [4.78, 5) is 39.7. The molecule has 0 aromatic heterocycles. The molecule has 4 N–H and O–H groups in total. The maximum atomic E-state index is 12.9. The lowest BCUT2D eigenvalue weighted by Gasteiger charge is -2.36. The fourth-order valence-corrected chi connectivity index (χ4v) is 7.51. The first-order valence-electron chi connectivity index (χ1n) is 19.0. The molecule has 55 heavy (non-hydrogen) atoms. The maximum Gasteiger partial charge on any atom is 0.412 e. The van der Waals surface area contributed by atoms with Crippen LogP contribution in [0.1, 0.15) is 84.8 Å². The van der Waals surface area contributed by atoms with Crippen molar-refractivity contribution in [3.05, 3.63) is 76.8 Å². The summed E-state index contributed by atoms with van der Waals surface area (Å²) in [6, 6.07) is 18.4. The lowest BCUT2D eigenvalue weighted by molar-refractivity contribution is 0.0490. The Bertz CT molecular complexity index is 1780. The summed E-state index contributed by atoms with van der Waals surface area (Å²) >= 11 is 6.60. The zero-order valence-electron chi connectivity index (χ0n) is 33.8. The number of carbonyl (C=O) groups is 3. The highest BCUT2D eigenvalue weighted by molar-refractivity contribution is 6.74. The number of anilines is 2. The van der Waals surface area contributed by atoms with Crippen molar-refractivity contribution in [2.24, 2.45) is 0 Å². The smallest absolute Gasteiger partial charge is 0.412 e. The summed E-state index contributed by atoms with van der Waals surface area (Å²) in [5.74, 6) is 0.578. The van der Waals surface area contributed by atoms with E-state index in [0.717, 1.165) is 22.3 Å². The quantitative estimate of drug-likeness (QED) is 0.0998. The molecule has 0 bridgehead atoms. The van der Waals surface area contributed by atoms with Crippen molar-refractivity contribution >= 4 is 49.5 Å². The molecule has 1 fully saturated rings. The van der Waals surface area contributed by atoms with Gasteiger partial charge in [0.05, 0.1) is 30.1 Å². The number of hydrogen-bond acceptors (Lipinski definition) is 6. The normalized spacial score (nSPS) is 16.2. The van der Waals surface area contributed by atoms with Crippen LogP contribution in [-0.4, -0.2) is 63.0 Å². The number of benzene rings is 3. The average molecular weight is 795 g/mol. The lowest BCUT2D eigenvalue weighted by Crippen LogP contribution is -2.47. The summed E-state index contributed by atoms with van der Waals surface area (Å²) in [7, 11) is -0.422. The van der Waals surface area contributed by atoms with Crippen molar-refractivity contribution in [1.82, 2.24) is 10.6 Å². The molecule has 4 amide bonds. The van der Waals surface area contributed by atoms with E-state index in [1.807, 2.05) is 69.3 Å². The minimum atomic E-state index is -2.00. The highest BCUT2D eigenvalue weighted by atomic mass is 35.5. The number of amides is 4. The van der Waals surface area contributed by atoms with Gasteiger partial charge in [0.25, 0.3) is 0 Å². The molecule has 1 saturated carbocycles. The molecule has 11 nitrogen and oxygen atoms in total. The van der Waals surface area contributed by atoms with E-state index >= 15 is 0 Å². The van der Waals surface area contributed by atoms with Gasteiger partial charge in [-0.1, -0.05) is 74.8 Å². The molecular formula is C42H59ClN4O7Si. The van der Waals surface area contributed by atoms with Crippen molar-refractivity contribution in [3.63, 3.8) is 0 Å². The summed E-state index contributed by atoms with van der Waals surface area (Å²) in [6.07, 6.45) is 2.19. The van der Waals surface area contributed by atoms with Crippen LogP contribution in [0.15, 0.2) is 60.7 Å². The molecule has 0 unspecified atom stereocenters. The third-order valence-electron chi connectivity index (χ3n) is 10.3. The predicted molar refractivity (Wildman–Crippen MR) is 223 cm³/mol. The van der Waals surface area contributed by atoms with Crippen molar-refractivity contribution < 1.29 is 33.4 Å². The Balaban J connectivity index is 1.40. The number of ether oxygens (including phenoxy) is 2. The Kier molecular flexibility index (Phi) is 14.7. The first-order chi connectivity index (χ1) is 25.8. The van der Waals surface area contributed by atoms with Crippen LogP contribution in [0.2, 0.25) is 23.2 Å². The second-order valence-electron chi connectivity index (χ2n) is 16.7. The van der Waals surface area contributed by atoms with Crippen LogP contribution in [-0.2, 0) is 22.2 Å². The molecule has 0 saturated heterocycles. The lowest BCUT2D eigenvalue weighted by atomic mass is 9.89. The van der Waals surface area contributed by atoms with Gasteiger partial charge in [-0.3, -0.25) is 4.90 Å². The van der Waals surface area contributed by atoms with Gasteiger partial charge in [0.15, 0.2) is 8.32 Å². The van der Waals surface area contributed by atoms with E-state index in [0.29, 0.717) is 73.8 Å². The van der Waals surface area contributed by atoms with E-state index in [1.54, 1.807) is 19.2 Å². The number of rotatable bonds is 13. The van der Waals surface area contributed by atoms with Crippen LogP contribution >= 0.6 is 11.6 Å². The molecule has 1 aliphatic rings. The topological polar surface area (TPSA) is 138 Å². The van der Waals surface area contributed by atoms with Gasteiger partial charge >= 0.3 is 18.2 Å². The number of hydrogen-bond donors (Lipinski definition) is 4. The number of methoxy groups -OCH3 is 1. The van der Waals surface area contributed by atoms with Crippen molar-refractivity contribution in [1.29, 1.82) is 0 Å². The second-order valence-corrected chi connectivity index (χ2v) is 21.9. The molecule has 3 aromatic rings. The van der Waals surface area contributed by atoms with Gasteiger partial charge in [-0.25, -0.2) is 14.4 Å². The van der Waals surface area contributed by atoms with Crippen LogP contribution in [0.5, 0.6) is 5.75 Å². The fourth-order valence-electron chi connectivity index (χ4n) is 6.33. The molecule has 0 heterocycles. The van der Waals surface area contributed by atoms with Gasteiger partial charge < -0.3 is 35.0 Å². The maximum absolute atomic E-state index is 12.9. The number of aryl methyl sites for hydroxylation is 1. The van der Waals surface area contributed by atoms with Crippen LogP contribution in [0, 0.1) is 0 Å². The molecule has 4 rings (SSSR count). The Hall–Kier alpha value is -4.26. The Morgan fingerprint density at radius 2 is 1.62 bits per heavy atom. The minimum absolute atomic E-state index is 0.0561. The fraction of sp³-hybridized carbons (Fsp3) is 0.500. The van der Waals surface area contributed by atoms with Crippen LogP contribution in [0.3, 0.4) is 0 Å². The van der Waals surface area contributed by atoms with Crippen LogP contribution in [0.4, 0.5) is 25.8 Å². The van der Waals surface area contributed by atoms with Gasteiger partial charge in [0.2, 0.25) is 0 Å². The van der Waals surface area contributed by atoms with Gasteiger partial charge in [0.1, 0.15) is 11.4 Å². The monoisotopic (exact) mass is 794 g/mol. The van der Waals surface area contributed by atoms with E-state index in [1.165, 1.54) is 4.90 Å². The zero-order valence-corrected chi connectivity index (χ0v) is 35.6. The van der Waals surface area contributed by atoms with Crippen LogP contribution in [0.25, 0.3) is 11.1 Å². The summed E-state index contributed by atoms with van der Waals surface area (Å²) in [6.45, 7) is 17.1. The molecule has 1 aliphatic carbocycles. The number of carbonyl (C=O) groups excluding carboxylic acids is 2. The van der Waals surface area contributed by atoms with E-state index < -0.39 is 32.1 Å². The van der Waals surface area contributed by atoms with Gasteiger partial charge in [-0.15, -0.1) is 0 Å². The molecule has 0 atom stereocenters. The first kappa shape index (κ1) is 43.5. The summed E-state index contributed by atoms with van der Waals surface area (Å²) < 4.78 is 17.4. The number of carboxylic acid groups (broad SMARTS) is 1. The van der Waals surface area contributed by atoms with Crippen molar-refractivity contribution in [3.8, 4) is 16.9 Å². The first-order valence-corrected chi connectivity index (χ1v) is 22.3. The van der Waals surface area contributed by atoms with Crippen LogP contribution < -0.4 is 25.6 Å². The Morgan fingerprint density at radius 1 is 0.945 bits per heavy atom. The highest BCUT2D eigenvalue weighted by Gasteiger charge is 2.37. The van der Waals surface area contributed by atoms with Crippen molar-refractivity contribution in [2.45, 2.75) is 122 Å². The molecule has 0 aliphatic heterocycles. The summed E-state index contributed by atoms with van der Waals surface area (Å²) in [5, 5.41) is 19.7. The summed E-state index contributed by atoms with van der Waals surface area (Å²) in [5.41, 5.74) is 3.95. The number of nitrogens with zero attached hydrogens (tertiary/aromatic N) is 1. The SMILES string of the molecule is COc1cc(NC(=O)NCCCc2ccc(-c3ccccc3)c(N(C(=O)O)C3CCC(NC(=O)OC(C)(C)C)CC3)c2)c(Cl)cc1CO[Si](C)(C)C(C)(C)C. The van der Waals surface area contributed by atoms with E-state index in [-0.39, 0.29) is 17.1 Å². The highest BCUT2D eigenvalue weighted by Crippen LogP contribution is 2.39. The van der Waals surface area contributed by atoms with Gasteiger partial charge in [-0.05, 0) is 101 Å². The largest absolute Gasteiger partial charge is 0.496 e. The molecule has 0 spiro atoms.